The highest BCUT2D eigenvalue weighted by atomic mass is 19.4. The molecule has 0 aliphatic carbocycles. The minimum atomic E-state index is -5.09. The first kappa shape index (κ1) is 12.3. The van der Waals surface area contributed by atoms with Crippen molar-refractivity contribution in [2.24, 2.45) is 0 Å². The molecule has 0 amide bonds. The van der Waals surface area contributed by atoms with E-state index in [1.165, 1.54) is 0 Å². The van der Waals surface area contributed by atoms with Crippen LogP contribution in [0, 0.1) is 0 Å². The summed E-state index contributed by atoms with van der Waals surface area (Å²) in [6.45, 7) is -5.09. The normalized spacial score (nSPS) is 11.0. The molecule has 0 heterocycles. The van der Waals surface area contributed by atoms with Crippen LogP contribution in [0.25, 0.3) is 0 Å². The van der Waals surface area contributed by atoms with Gasteiger partial charge in [0.2, 0.25) is 0 Å². The van der Waals surface area contributed by atoms with E-state index >= 15 is 0 Å². The molecule has 0 N–H and O–H groups in total. The number of hydrogen-bond acceptors (Lipinski definition) is 3. The molecule has 0 saturated carbocycles. The number of Topliss-reactive ketones (excluding diaryl/α,β-unsaturated/α-hetero) is 1. The lowest BCUT2D eigenvalue weighted by molar-refractivity contribution is -0.135. The number of carbonyl (C=O) groups excluding carboxylic acids is 2. The van der Waals surface area contributed by atoms with Crippen molar-refractivity contribution in [2.45, 2.75) is 0 Å². The molecule has 86 valence electrons. The van der Waals surface area contributed by atoms with Gasteiger partial charge in [0.05, 0.1) is 7.11 Å². The number of carbonyl (C=O) groups is 2. The molecule has 1 rings (SSSR count). The molecule has 0 saturated heterocycles. The number of benzene rings is 1. The molecule has 0 aliphatic heterocycles. The molecular formula is C9H7BF3O3-. The van der Waals surface area contributed by atoms with E-state index in [1.807, 2.05) is 0 Å². The van der Waals surface area contributed by atoms with E-state index in [1.54, 1.807) is 0 Å². The van der Waals surface area contributed by atoms with Crippen molar-refractivity contribution in [3.05, 3.63) is 29.8 Å². The molecule has 0 radical (unpaired) electrons. The van der Waals surface area contributed by atoms with Crippen LogP contribution in [-0.4, -0.2) is 25.8 Å². The van der Waals surface area contributed by atoms with E-state index < -0.39 is 24.2 Å². The van der Waals surface area contributed by atoms with Crippen LogP contribution in [0.4, 0.5) is 12.9 Å². The van der Waals surface area contributed by atoms with Crippen LogP contribution < -0.4 is 5.46 Å². The van der Waals surface area contributed by atoms with E-state index in [4.69, 9.17) is 0 Å². The highest BCUT2D eigenvalue weighted by Gasteiger charge is 2.25. The highest BCUT2D eigenvalue weighted by Crippen LogP contribution is 2.10. The summed E-state index contributed by atoms with van der Waals surface area (Å²) in [4.78, 5) is 22.0. The number of ketones is 1. The third-order valence-electron chi connectivity index (χ3n) is 1.92. The fourth-order valence-corrected chi connectivity index (χ4v) is 1.06. The standard InChI is InChI=1S/C9H7BF3O3/c1-16-9(15)8(14)6-2-4-7(5-3-6)10(11,12)13/h2-5H,1H3/q-1. The molecule has 7 heteroatoms. The fraction of sp³-hybridized carbons (Fsp3) is 0.111. The predicted octanol–water partition coefficient (Wildman–Crippen LogP) is 1.10. The second kappa shape index (κ2) is 4.38. The maximum absolute atomic E-state index is 12.2. The Kier molecular flexibility index (Phi) is 3.36. The second-order valence-corrected chi connectivity index (χ2v) is 3.02. The van der Waals surface area contributed by atoms with Crippen molar-refractivity contribution in [3.8, 4) is 0 Å². The van der Waals surface area contributed by atoms with E-state index in [-0.39, 0.29) is 5.56 Å². The molecule has 1 aromatic carbocycles. The lowest BCUT2D eigenvalue weighted by atomic mass is 9.80. The Bertz CT molecular complexity index is 411. The molecule has 0 fully saturated rings. The van der Waals surface area contributed by atoms with Gasteiger partial charge in [0.1, 0.15) is 0 Å². The molecule has 16 heavy (non-hydrogen) atoms. The van der Waals surface area contributed by atoms with Crippen molar-refractivity contribution in [3.63, 3.8) is 0 Å². The highest BCUT2D eigenvalue weighted by molar-refractivity contribution is 6.73. The average Bonchev–Trinajstić information content (AvgIpc) is 2.26. The number of hydrogen-bond donors (Lipinski definition) is 0. The van der Waals surface area contributed by atoms with Crippen LogP contribution in [0.3, 0.4) is 0 Å². The first-order chi connectivity index (χ1) is 7.36. The lowest BCUT2D eigenvalue weighted by Crippen LogP contribution is -2.34. The summed E-state index contributed by atoms with van der Waals surface area (Å²) in [5.41, 5.74) is -0.947. The van der Waals surface area contributed by atoms with Gasteiger partial charge in [-0.25, -0.2) is 4.79 Å². The Morgan fingerprint density at radius 2 is 1.62 bits per heavy atom. The maximum Gasteiger partial charge on any atom is 0.509 e. The van der Waals surface area contributed by atoms with Crippen LogP contribution in [0.15, 0.2) is 24.3 Å². The Balaban J connectivity index is 2.96. The van der Waals surface area contributed by atoms with Crippen molar-refractivity contribution in [2.75, 3.05) is 7.11 Å². The van der Waals surface area contributed by atoms with Gasteiger partial charge in [0.25, 0.3) is 5.78 Å². The van der Waals surface area contributed by atoms with Crippen LogP contribution in [-0.2, 0) is 9.53 Å². The Morgan fingerprint density at radius 1 is 1.12 bits per heavy atom. The smallest absolute Gasteiger partial charge is 0.463 e. The van der Waals surface area contributed by atoms with Gasteiger partial charge in [-0.3, -0.25) is 4.79 Å². The monoisotopic (exact) mass is 231 g/mol. The van der Waals surface area contributed by atoms with E-state index in [2.05, 4.69) is 4.74 Å². The summed E-state index contributed by atoms with van der Waals surface area (Å²) in [5, 5.41) is 0. The number of ether oxygens (including phenoxy) is 1. The fourth-order valence-electron chi connectivity index (χ4n) is 1.06. The molecule has 0 bridgehead atoms. The first-order valence-electron chi connectivity index (χ1n) is 4.29. The number of rotatable bonds is 3. The van der Waals surface area contributed by atoms with Gasteiger partial charge in [-0.1, -0.05) is 24.3 Å². The quantitative estimate of drug-likeness (QED) is 0.338. The summed E-state index contributed by atoms with van der Waals surface area (Å²) in [7, 11) is 1.02. The number of esters is 1. The van der Waals surface area contributed by atoms with Gasteiger partial charge in [0.15, 0.2) is 0 Å². The lowest BCUT2D eigenvalue weighted by Gasteiger charge is -2.14. The van der Waals surface area contributed by atoms with Crippen LogP contribution >= 0.6 is 0 Å². The van der Waals surface area contributed by atoms with Crippen LogP contribution in [0.2, 0.25) is 0 Å². The third kappa shape index (κ3) is 2.62. The molecule has 0 aromatic heterocycles. The Labute approximate surface area is 89.3 Å². The Hall–Kier alpha value is -1.79. The second-order valence-electron chi connectivity index (χ2n) is 3.02. The van der Waals surface area contributed by atoms with Gasteiger partial charge in [-0.05, 0) is 0 Å². The maximum atomic E-state index is 12.2. The average molecular weight is 231 g/mol. The van der Waals surface area contributed by atoms with Gasteiger partial charge >= 0.3 is 12.9 Å². The van der Waals surface area contributed by atoms with Crippen LogP contribution in [0.5, 0.6) is 0 Å². The minimum absolute atomic E-state index is 0.129. The summed E-state index contributed by atoms with van der Waals surface area (Å²) in [6.07, 6.45) is 0. The zero-order chi connectivity index (χ0) is 12.3. The SMILES string of the molecule is COC(=O)C(=O)c1ccc([B-](F)(F)F)cc1. The first-order valence-corrected chi connectivity index (χ1v) is 4.29. The van der Waals surface area contributed by atoms with E-state index in [0.29, 0.717) is 0 Å². The third-order valence-corrected chi connectivity index (χ3v) is 1.92. The van der Waals surface area contributed by atoms with E-state index in [0.717, 1.165) is 31.4 Å². The molecule has 1 aromatic rings. The van der Waals surface area contributed by atoms with Crippen LogP contribution in [0.1, 0.15) is 10.4 Å². The zero-order valence-electron chi connectivity index (χ0n) is 8.25. The van der Waals surface area contributed by atoms with Gasteiger partial charge in [0, 0.05) is 5.56 Å². The largest absolute Gasteiger partial charge is 0.509 e. The molecule has 0 aliphatic rings. The summed E-state index contributed by atoms with van der Waals surface area (Å²) in [5.74, 6) is -2.08. The zero-order valence-corrected chi connectivity index (χ0v) is 8.25. The van der Waals surface area contributed by atoms with Gasteiger partial charge < -0.3 is 17.7 Å². The molecule has 0 spiro atoms. The predicted molar refractivity (Wildman–Crippen MR) is 51.5 cm³/mol. The van der Waals surface area contributed by atoms with Crippen molar-refractivity contribution in [1.29, 1.82) is 0 Å². The van der Waals surface area contributed by atoms with Crippen molar-refractivity contribution in [1.82, 2.24) is 0 Å². The summed E-state index contributed by atoms with van der Waals surface area (Å²) < 4.78 is 40.9. The van der Waals surface area contributed by atoms with Crippen molar-refractivity contribution >= 4 is 24.2 Å². The van der Waals surface area contributed by atoms with Gasteiger partial charge in [-0.2, -0.15) is 0 Å². The summed E-state index contributed by atoms with van der Waals surface area (Å²) >= 11 is 0. The number of halogens is 3. The number of methoxy groups -OCH3 is 1. The van der Waals surface area contributed by atoms with E-state index in [9.17, 15) is 22.5 Å². The molecule has 0 unspecified atom stereocenters. The summed E-state index contributed by atoms with van der Waals surface area (Å²) in [6, 6.07) is 3.42. The molecular weight excluding hydrogens is 224 g/mol. The molecule has 3 nitrogen and oxygen atoms in total. The minimum Gasteiger partial charge on any atom is -0.463 e. The molecule has 0 atom stereocenters. The van der Waals surface area contributed by atoms with Crippen molar-refractivity contribution < 1.29 is 27.3 Å². The van der Waals surface area contributed by atoms with Gasteiger partial charge in [-0.15, -0.1) is 5.46 Å². The topological polar surface area (TPSA) is 43.4 Å². The Morgan fingerprint density at radius 3 is 2.00 bits per heavy atom.